The van der Waals surface area contributed by atoms with E-state index >= 15 is 0 Å². The lowest BCUT2D eigenvalue weighted by atomic mass is 10.1. The SMILES string of the molecule is O=C(NN=Cc1cn(-c2ccccc2)nc1-c1cc2ccccc2oc1=O)c1ccc(CN2C(=O)c3cccc4cccc2c34)cc1. The van der Waals surface area contributed by atoms with Crippen molar-refractivity contribution in [3.8, 4) is 16.9 Å². The molecule has 1 aliphatic heterocycles. The lowest BCUT2D eigenvalue weighted by Gasteiger charge is -2.18. The van der Waals surface area contributed by atoms with Gasteiger partial charge in [0.05, 0.1) is 29.7 Å². The summed E-state index contributed by atoms with van der Waals surface area (Å²) in [6.07, 6.45) is 3.20. The molecule has 0 spiro atoms. The van der Waals surface area contributed by atoms with Gasteiger partial charge in [0.15, 0.2) is 0 Å². The number of fused-ring (bicyclic) bond motifs is 1. The Hall–Kier alpha value is -6.61. The zero-order valence-corrected chi connectivity index (χ0v) is 24.8. The van der Waals surface area contributed by atoms with E-state index in [1.807, 2.05) is 91.0 Å². The lowest BCUT2D eigenvalue weighted by Crippen LogP contribution is -2.26. The van der Waals surface area contributed by atoms with E-state index in [-0.39, 0.29) is 11.5 Å². The second kappa shape index (κ2) is 11.4. The molecule has 5 aromatic carbocycles. The van der Waals surface area contributed by atoms with Crippen LogP contribution in [0.2, 0.25) is 0 Å². The minimum absolute atomic E-state index is 0.0376. The second-order valence-corrected chi connectivity index (χ2v) is 11.2. The van der Waals surface area contributed by atoms with Crippen LogP contribution in [-0.4, -0.2) is 27.8 Å². The van der Waals surface area contributed by atoms with Gasteiger partial charge >= 0.3 is 5.63 Å². The van der Waals surface area contributed by atoms with Crippen LogP contribution < -0.4 is 16.0 Å². The number of aromatic nitrogens is 2. The molecule has 226 valence electrons. The summed E-state index contributed by atoms with van der Waals surface area (Å²) in [6, 6.07) is 37.2. The highest BCUT2D eigenvalue weighted by molar-refractivity contribution is 6.24. The molecule has 0 atom stereocenters. The first-order valence-electron chi connectivity index (χ1n) is 15.0. The fourth-order valence-electron chi connectivity index (χ4n) is 5.94. The number of anilines is 1. The highest BCUT2D eigenvalue weighted by Crippen LogP contribution is 2.38. The van der Waals surface area contributed by atoms with Crippen molar-refractivity contribution in [2.24, 2.45) is 5.10 Å². The van der Waals surface area contributed by atoms with Gasteiger partial charge in [-0.1, -0.05) is 72.8 Å². The largest absolute Gasteiger partial charge is 0.422 e. The summed E-state index contributed by atoms with van der Waals surface area (Å²) in [5.41, 5.74) is 7.34. The minimum atomic E-state index is -0.531. The quantitative estimate of drug-likeness (QED) is 0.122. The molecule has 1 aliphatic rings. The predicted octanol–water partition coefficient (Wildman–Crippen LogP) is 6.72. The molecule has 0 unspecified atom stereocenters. The molecule has 0 saturated carbocycles. The van der Waals surface area contributed by atoms with Gasteiger partial charge in [0, 0.05) is 33.7 Å². The number of rotatable bonds is 7. The van der Waals surface area contributed by atoms with Crippen LogP contribution in [0.5, 0.6) is 0 Å². The molecule has 0 bridgehead atoms. The number of hydrogen-bond donors (Lipinski definition) is 1. The lowest BCUT2D eigenvalue weighted by molar-refractivity contribution is 0.0953. The van der Waals surface area contributed by atoms with Crippen LogP contribution in [-0.2, 0) is 6.54 Å². The van der Waals surface area contributed by atoms with E-state index in [1.165, 1.54) is 6.21 Å². The Morgan fingerprint density at radius 2 is 1.55 bits per heavy atom. The summed E-state index contributed by atoms with van der Waals surface area (Å²) in [6.45, 7) is 0.379. The van der Waals surface area contributed by atoms with Crippen LogP contribution in [0.3, 0.4) is 0 Å². The number of carbonyl (C=O) groups is 2. The molecule has 0 fully saturated rings. The van der Waals surface area contributed by atoms with Crippen molar-refractivity contribution >= 4 is 45.5 Å². The van der Waals surface area contributed by atoms with Gasteiger partial charge in [-0.15, -0.1) is 0 Å². The number of carbonyl (C=O) groups excluding carboxylic acids is 2. The van der Waals surface area contributed by atoms with Crippen molar-refractivity contribution in [3.63, 3.8) is 0 Å². The average Bonchev–Trinajstić information content (AvgIpc) is 3.65. The summed E-state index contributed by atoms with van der Waals surface area (Å²) in [5.74, 6) is -0.450. The van der Waals surface area contributed by atoms with E-state index in [9.17, 15) is 14.4 Å². The number of hydrazone groups is 1. The maximum atomic E-state index is 13.2. The fraction of sp³-hybridized carbons (Fsp3) is 0.0263. The molecular formula is C38H25N5O4. The first kappa shape index (κ1) is 27.9. The Kier molecular flexibility index (Phi) is 6.76. The smallest absolute Gasteiger partial charge is 0.345 e. The van der Waals surface area contributed by atoms with Crippen molar-refractivity contribution < 1.29 is 14.0 Å². The van der Waals surface area contributed by atoms with Crippen molar-refractivity contribution in [1.82, 2.24) is 15.2 Å². The third-order valence-corrected chi connectivity index (χ3v) is 8.24. The number of benzene rings is 5. The van der Waals surface area contributed by atoms with Crippen LogP contribution in [0.1, 0.15) is 31.8 Å². The van der Waals surface area contributed by atoms with E-state index in [0.717, 1.165) is 33.1 Å². The van der Waals surface area contributed by atoms with E-state index in [2.05, 4.69) is 15.6 Å². The van der Waals surface area contributed by atoms with Crippen LogP contribution in [0.4, 0.5) is 5.69 Å². The van der Waals surface area contributed by atoms with E-state index < -0.39 is 11.5 Å². The zero-order chi connectivity index (χ0) is 31.9. The Morgan fingerprint density at radius 3 is 2.38 bits per heavy atom. The highest BCUT2D eigenvalue weighted by atomic mass is 16.4. The third kappa shape index (κ3) is 5.05. The number of para-hydroxylation sites is 2. The third-order valence-electron chi connectivity index (χ3n) is 8.24. The molecule has 2 aromatic heterocycles. The van der Waals surface area contributed by atoms with Gasteiger partial charge in [0.25, 0.3) is 11.8 Å². The van der Waals surface area contributed by atoms with Crippen LogP contribution in [0, 0.1) is 0 Å². The molecule has 0 radical (unpaired) electrons. The van der Waals surface area contributed by atoms with Crippen molar-refractivity contribution in [2.45, 2.75) is 6.54 Å². The highest BCUT2D eigenvalue weighted by Gasteiger charge is 2.29. The van der Waals surface area contributed by atoms with Crippen LogP contribution >= 0.6 is 0 Å². The fourth-order valence-corrected chi connectivity index (χ4v) is 5.94. The second-order valence-electron chi connectivity index (χ2n) is 11.2. The molecule has 9 nitrogen and oxygen atoms in total. The summed E-state index contributed by atoms with van der Waals surface area (Å²) in [4.78, 5) is 41.0. The number of amides is 2. The van der Waals surface area contributed by atoms with Gasteiger partial charge in [-0.3, -0.25) is 9.59 Å². The van der Waals surface area contributed by atoms with E-state index in [0.29, 0.717) is 34.5 Å². The summed E-state index contributed by atoms with van der Waals surface area (Å²) in [5, 5.41) is 11.6. The first-order chi connectivity index (χ1) is 23.0. The number of nitrogens with zero attached hydrogens (tertiary/aromatic N) is 4. The maximum absolute atomic E-state index is 13.2. The Labute approximate surface area is 268 Å². The molecule has 1 N–H and O–H groups in total. The average molecular weight is 616 g/mol. The monoisotopic (exact) mass is 615 g/mol. The molecule has 7 aromatic rings. The standard InChI is InChI=1S/C38H25N5O4/c44-36(26-18-16-24(17-19-26)22-42-32-14-7-10-25-9-6-13-30(34(25)32)37(42)45)40-39-21-28-23-43(29-11-2-1-3-12-29)41-35(28)31-20-27-8-4-5-15-33(27)47-38(31)46/h1-21,23H,22H2,(H,40,44). The predicted molar refractivity (Wildman–Crippen MR) is 181 cm³/mol. The van der Waals surface area contributed by atoms with Gasteiger partial charge in [-0.25, -0.2) is 14.9 Å². The normalized spacial score (nSPS) is 12.4. The Balaban J connectivity index is 1.02. The number of nitrogens with one attached hydrogen (secondary N) is 1. The summed E-state index contributed by atoms with van der Waals surface area (Å²) in [7, 11) is 0. The van der Waals surface area contributed by atoms with E-state index in [1.54, 1.807) is 46.1 Å². The molecule has 0 saturated heterocycles. The number of hydrogen-bond acceptors (Lipinski definition) is 6. The van der Waals surface area contributed by atoms with E-state index in [4.69, 9.17) is 4.42 Å². The topological polar surface area (TPSA) is 110 Å². The molecule has 9 heteroatoms. The Bertz CT molecular complexity index is 2420. The van der Waals surface area contributed by atoms with Gasteiger partial charge in [-0.05, 0) is 59.5 Å². The van der Waals surface area contributed by atoms with Crippen LogP contribution in [0.25, 0.3) is 38.7 Å². The molecule has 2 amide bonds. The molecule has 8 rings (SSSR count). The van der Waals surface area contributed by atoms with Crippen molar-refractivity contribution in [2.75, 3.05) is 4.90 Å². The van der Waals surface area contributed by atoms with Gasteiger partial charge in [-0.2, -0.15) is 10.2 Å². The van der Waals surface area contributed by atoms with Gasteiger partial charge in [0.2, 0.25) is 0 Å². The van der Waals surface area contributed by atoms with Gasteiger partial charge in [0.1, 0.15) is 11.3 Å². The molecule has 47 heavy (non-hydrogen) atoms. The Morgan fingerprint density at radius 1 is 0.809 bits per heavy atom. The van der Waals surface area contributed by atoms with Crippen molar-refractivity contribution in [1.29, 1.82) is 0 Å². The minimum Gasteiger partial charge on any atom is -0.422 e. The molecule has 3 heterocycles. The molecule has 0 aliphatic carbocycles. The van der Waals surface area contributed by atoms with Gasteiger partial charge < -0.3 is 9.32 Å². The summed E-state index contributed by atoms with van der Waals surface area (Å²) < 4.78 is 7.21. The van der Waals surface area contributed by atoms with Crippen LogP contribution in [0.15, 0.2) is 142 Å². The summed E-state index contributed by atoms with van der Waals surface area (Å²) >= 11 is 0. The molecular weight excluding hydrogens is 590 g/mol. The first-order valence-corrected chi connectivity index (χ1v) is 15.0. The zero-order valence-electron chi connectivity index (χ0n) is 24.8. The maximum Gasteiger partial charge on any atom is 0.345 e. The van der Waals surface area contributed by atoms with Crippen molar-refractivity contribution in [3.05, 3.63) is 160 Å².